The molecule has 0 unspecified atom stereocenters. The zero-order valence-electron chi connectivity index (χ0n) is 22.4. The van der Waals surface area contributed by atoms with Crippen molar-refractivity contribution >= 4 is 41.0 Å². The molecule has 2 aromatic heterocycles. The van der Waals surface area contributed by atoms with E-state index in [4.69, 9.17) is 4.74 Å². The van der Waals surface area contributed by atoms with Crippen LogP contribution < -0.4 is 20.3 Å². The van der Waals surface area contributed by atoms with Gasteiger partial charge in [0.1, 0.15) is 12.4 Å². The fourth-order valence-electron chi connectivity index (χ4n) is 4.36. The Morgan fingerprint density at radius 2 is 1.74 bits per heavy atom. The summed E-state index contributed by atoms with van der Waals surface area (Å²) in [5, 5.41) is 5.34. The Bertz CT molecular complexity index is 1560. The highest BCUT2D eigenvalue weighted by Crippen LogP contribution is 2.32. The zero-order valence-corrected chi connectivity index (χ0v) is 23.2. The summed E-state index contributed by atoms with van der Waals surface area (Å²) in [5.41, 5.74) is 0.952. The Labute approximate surface area is 243 Å². The number of piperazine rings is 1. The van der Waals surface area contributed by atoms with Crippen molar-refractivity contribution in [2.75, 3.05) is 41.7 Å². The van der Waals surface area contributed by atoms with E-state index >= 15 is 0 Å². The van der Waals surface area contributed by atoms with Crippen molar-refractivity contribution in [2.45, 2.75) is 19.7 Å². The number of aromatic nitrogens is 3. The molecule has 10 nitrogen and oxygen atoms in total. The number of benzene rings is 2. The van der Waals surface area contributed by atoms with E-state index < -0.39 is 17.8 Å². The molecular weight excluding hydrogens is 571 g/mol. The third-order valence-corrected chi connectivity index (χ3v) is 6.94. The number of pyridine rings is 1. The lowest BCUT2D eigenvalue weighted by Crippen LogP contribution is -2.50. The fraction of sp³-hybridized carbons (Fsp3) is 0.250. The molecule has 1 aliphatic rings. The summed E-state index contributed by atoms with van der Waals surface area (Å²) in [4.78, 5) is 32.9. The molecule has 0 aliphatic carbocycles. The Morgan fingerprint density at radius 1 is 0.976 bits per heavy atom. The molecule has 4 aromatic rings. The highest BCUT2D eigenvalue weighted by Gasteiger charge is 2.31. The molecule has 2 aromatic carbocycles. The molecule has 1 saturated heterocycles. The SMILES string of the molecule is Cc1cc(NC(=O)N2CCN(c3nsnc3OCc3ccnc(NC(=O)c4ccccc4)c3)CC2)cc(C(F)(F)F)c1. The first-order chi connectivity index (χ1) is 20.2. The third-order valence-electron chi connectivity index (χ3n) is 6.44. The molecule has 5 rings (SSSR count). The monoisotopic (exact) mass is 597 g/mol. The minimum atomic E-state index is -4.50. The lowest BCUT2D eigenvalue weighted by atomic mass is 10.1. The molecule has 0 atom stereocenters. The van der Waals surface area contributed by atoms with Crippen LogP contribution in [-0.2, 0) is 12.8 Å². The van der Waals surface area contributed by atoms with E-state index in [1.165, 1.54) is 11.0 Å². The third kappa shape index (κ3) is 7.13. The molecule has 3 amide bonds. The summed E-state index contributed by atoms with van der Waals surface area (Å²) in [6.07, 6.45) is -2.93. The predicted octanol–water partition coefficient (Wildman–Crippen LogP) is 5.45. The van der Waals surface area contributed by atoms with Gasteiger partial charge in [-0.15, -0.1) is 4.37 Å². The topological polar surface area (TPSA) is 113 Å². The number of aryl methyl sites for hydroxylation is 1. The van der Waals surface area contributed by atoms with Crippen LogP contribution in [0.2, 0.25) is 0 Å². The second kappa shape index (κ2) is 12.4. The van der Waals surface area contributed by atoms with Crippen LogP contribution >= 0.6 is 11.7 Å². The number of hydrogen-bond acceptors (Lipinski definition) is 8. The van der Waals surface area contributed by atoms with Gasteiger partial charge in [-0.2, -0.15) is 17.5 Å². The van der Waals surface area contributed by atoms with Crippen molar-refractivity contribution < 1.29 is 27.5 Å². The molecule has 42 heavy (non-hydrogen) atoms. The smallest absolute Gasteiger partial charge is 0.416 e. The van der Waals surface area contributed by atoms with E-state index in [1.54, 1.807) is 49.5 Å². The maximum atomic E-state index is 13.2. The highest BCUT2D eigenvalue weighted by atomic mass is 32.1. The zero-order chi connectivity index (χ0) is 29.7. The number of alkyl halides is 3. The van der Waals surface area contributed by atoms with Crippen molar-refractivity contribution in [3.63, 3.8) is 0 Å². The van der Waals surface area contributed by atoms with Crippen molar-refractivity contribution in [1.29, 1.82) is 0 Å². The van der Waals surface area contributed by atoms with Gasteiger partial charge in [0.05, 0.1) is 17.3 Å². The summed E-state index contributed by atoms with van der Waals surface area (Å²) < 4.78 is 54.0. The molecule has 0 saturated carbocycles. The van der Waals surface area contributed by atoms with Crippen LogP contribution in [-0.4, -0.2) is 56.7 Å². The van der Waals surface area contributed by atoms with E-state index in [2.05, 4.69) is 24.4 Å². The number of carbonyl (C=O) groups excluding carboxylic acids is 2. The van der Waals surface area contributed by atoms with Gasteiger partial charge < -0.3 is 25.2 Å². The number of hydrogen-bond donors (Lipinski definition) is 2. The molecule has 0 radical (unpaired) electrons. The van der Waals surface area contributed by atoms with Crippen LogP contribution in [0, 0.1) is 6.92 Å². The normalized spacial score (nSPS) is 13.5. The van der Waals surface area contributed by atoms with Gasteiger partial charge in [-0.25, -0.2) is 9.78 Å². The summed E-state index contributed by atoms with van der Waals surface area (Å²) in [6.45, 7) is 3.23. The molecule has 0 spiro atoms. The Morgan fingerprint density at radius 3 is 2.48 bits per heavy atom. The van der Waals surface area contributed by atoms with E-state index in [0.717, 1.165) is 29.4 Å². The lowest BCUT2D eigenvalue weighted by molar-refractivity contribution is -0.137. The highest BCUT2D eigenvalue weighted by molar-refractivity contribution is 6.99. The molecule has 14 heteroatoms. The van der Waals surface area contributed by atoms with Crippen molar-refractivity contribution in [3.8, 4) is 5.88 Å². The lowest BCUT2D eigenvalue weighted by Gasteiger charge is -2.34. The molecule has 1 fully saturated rings. The van der Waals surface area contributed by atoms with Crippen LogP contribution in [0.5, 0.6) is 5.88 Å². The maximum absolute atomic E-state index is 13.2. The van der Waals surface area contributed by atoms with Crippen LogP contribution in [0.1, 0.15) is 27.0 Å². The molecule has 0 bridgehead atoms. The van der Waals surface area contributed by atoms with Crippen LogP contribution in [0.4, 0.5) is 35.3 Å². The van der Waals surface area contributed by atoms with Gasteiger partial charge in [-0.05, 0) is 60.5 Å². The molecule has 218 valence electrons. The van der Waals surface area contributed by atoms with Gasteiger partial charge in [0.15, 0.2) is 0 Å². The van der Waals surface area contributed by atoms with Gasteiger partial charge in [-0.3, -0.25) is 4.79 Å². The Balaban J connectivity index is 1.15. The number of ether oxygens (including phenoxy) is 1. The number of urea groups is 1. The first kappa shape index (κ1) is 28.8. The Kier molecular flexibility index (Phi) is 8.52. The summed E-state index contributed by atoms with van der Waals surface area (Å²) in [7, 11) is 0. The van der Waals surface area contributed by atoms with E-state index in [1.807, 2.05) is 11.0 Å². The van der Waals surface area contributed by atoms with E-state index in [9.17, 15) is 22.8 Å². The van der Waals surface area contributed by atoms with Crippen LogP contribution in [0.3, 0.4) is 0 Å². The van der Waals surface area contributed by atoms with Gasteiger partial charge in [0, 0.05) is 43.6 Å². The molecule has 1 aliphatic heterocycles. The molecule has 2 N–H and O–H groups in total. The van der Waals surface area contributed by atoms with Crippen molar-refractivity contribution in [2.24, 2.45) is 0 Å². The number of nitrogens with zero attached hydrogens (tertiary/aromatic N) is 5. The molecular formula is C28H26F3N7O3S. The second-order valence-corrected chi connectivity index (χ2v) is 10.1. The Hall–Kier alpha value is -4.72. The number of anilines is 3. The number of amides is 3. The van der Waals surface area contributed by atoms with E-state index in [-0.39, 0.29) is 18.2 Å². The average Bonchev–Trinajstić information content (AvgIpc) is 3.45. The minimum absolute atomic E-state index is 0.0908. The van der Waals surface area contributed by atoms with Gasteiger partial charge >= 0.3 is 12.2 Å². The summed E-state index contributed by atoms with van der Waals surface area (Å²) in [5.74, 6) is 0.991. The standard InChI is InChI=1S/C28H26F3N7O3S/c1-18-13-21(28(29,30)31)16-22(14-18)33-27(40)38-11-9-37(10-12-38)24-26(36-42-35-24)41-17-19-7-8-32-23(15-19)34-25(39)20-5-3-2-4-6-20/h2-8,13-16H,9-12,17H2,1H3,(H,33,40)(H,32,34,39). The summed E-state index contributed by atoms with van der Waals surface area (Å²) in [6, 6.07) is 15.3. The van der Waals surface area contributed by atoms with Crippen molar-refractivity contribution in [3.05, 3.63) is 89.1 Å². The van der Waals surface area contributed by atoms with Crippen LogP contribution in [0.25, 0.3) is 0 Å². The maximum Gasteiger partial charge on any atom is 0.416 e. The minimum Gasteiger partial charge on any atom is -0.470 e. The number of nitrogens with one attached hydrogen (secondary N) is 2. The van der Waals surface area contributed by atoms with Gasteiger partial charge in [0.2, 0.25) is 5.82 Å². The van der Waals surface area contributed by atoms with Crippen LogP contribution in [0.15, 0.2) is 66.9 Å². The van der Waals surface area contributed by atoms with Crippen molar-refractivity contribution in [1.82, 2.24) is 18.6 Å². The van der Waals surface area contributed by atoms with Gasteiger partial charge in [0.25, 0.3) is 11.8 Å². The van der Waals surface area contributed by atoms with Gasteiger partial charge in [-0.1, -0.05) is 18.2 Å². The first-order valence-corrected chi connectivity index (χ1v) is 13.7. The number of carbonyl (C=O) groups is 2. The molecule has 3 heterocycles. The average molecular weight is 598 g/mol. The summed E-state index contributed by atoms with van der Waals surface area (Å²) >= 11 is 0.997. The van der Waals surface area contributed by atoms with E-state index in [0.29, 0.717) is 54.8 Å². The number of halogens is 3. The first-order valence-electron chi connectivity index (χ1n) is 12.9. The quantitative estimate of drug-likeness (QED) is 0.292. The fourth-order valence-corrected chi connectivity index (χ4v) is 4.89. The number of rotatable bonds is 7. The second-order valence-electron chi connectivity index (χ2n) is 9.54. The largest absolute Gasteiger partial charge is 0.470 e. The predicted molar refractivity (Wildman–Crippen MR) is 152 cm³/mol.